The molecule has 0 aliphatic heterocycles. The molecule has 0 unspecified atom stereocenters. The van der Waals surface area contributed by atoms with Crippen LogP contribution in [0.2, 0.25) is 0 Å². The van der Waals surface area contributed by atoms with Crippen LogP contribution in [0.5, 0.6) is 0 Å². The number of hydrogen-bond acceptors (Lipinski definition) is 1. The Morgan fingerprint density at radius 2 is 0.750 bits per heavy atom. The molecule has 0 bridgehead atoms. The van der Waals surface area contributed by atoms with Gasteiger partial charge in [0.2, 0.25) is 0 Å². The Labute approximate surface area is 230 Å². The number of hydrogen-bond donors (Lipinski definition) is 0. The third-order valence-corrected chi connectivity index (χ3v) is 6.06. The number of benzene rings is 1. The minimum absolute atomic E-state index is 0.0513. The molecule has 256 valence electrons. The van der Waals surface area contributed by atoms with Gasteiger partial charge in [0.25, 0.3) is 5.91 Å². The van der Waals surface area contributed by atoms with E-state index < -0.39 is 76.5 Å². The molecule has 1 amide bonds. The Morgan fingerprint density at radius 1 is 0.477 bits per heavy atom. The minimum Gasteiger partial charge on any atom is -0.339 e. The lowest BCUT2D eigenvalue weighted by Crippen LogP contribution is -2.76. The highest BCUT2D eigenvalue weighted by Gasteiger charge is 2.97. The van der Waals surface area contributed by atoms with Crippen molar-refractivity contribution in [3.05, 3.63) is 35.4 Å². The molecule has 0 fully saturated rings. The van der Waals surface area contributed by atoms with E-state index >= 15 is 0 Å². The Morgan fingerprint density at radius 3 is 1.02 bits per heavy atom. The fourth-order valence-electron chi connectivity index (χ4n) is 3.25. The zero-order chi connectivity index (χ0) is 35.6. The first-order chi connectivity index (χ1) is 19.1. The summed E-state index contributed by atoms with van der Waals surface area (Å²) in [5.74, 6) is -78.6. The summed E-state index contributed by atoms with van der Waals surface area (Å²) in [4.78, 5) is 13.1. The maximum Gasteiger partial charge on any atom is 0.460 e. The van der Waals surface area contributed by atoms with Crippen molar-refractivity contribution in [2.45, 2.75) is 73.3 Å². The van der Waals surface area contributed by atoms with Crippen LogP contribution in [0.1, 0.15) is 29.8 Å². The summed E-state index contributed by atoms with van der Waals surface area (Å²) in [6.07, 6.45) is -8.03. The van der Waals surface area contributed by atoms with Gasteiger partial charge in [-0.1, -0.05) is 12.1 Å². The monoisotopic (exact) mass is 695 g/mol. The lowest BCUT2D eigenvalue weighted by Gasteiger charge is -2.44. The fourth-order valence-corrected chi connectivity index (χ4v) is 3.25. The average molecular weight is 695 g/mol. The molecular weight excluding hydrogens is 681 g/mol. The topological polar surface area (TPSA) is 20.3 Å². The molecule has 0 saturated carbocycles. The number of halogens is 21. The summed E-state index contributed by atoms with van der Waals surface area (Å²) in [5.41, 5.74) is -3.19. The Balaban J connectivity index is 3.76. The van der Waals surface area contributed by atoms with Crippen LogP contribution in [0.25, 0.3) is 0 Å². The normalized spacial score (nSPS) is 15.4. The number of alkyl halides is 21. The van der Waals surface area contributed by atoms with Gasteiger partial charge < -0.3 is 4.90 Å². The van der Waals surface area contributed by atoms with E-state index in [1.165, 1.54) is 13.8 Å². The van der Waals surface area contributed by atoms with E-state index in [0.29, 0.717) is 0 Å². The van der Waals surface area contributed by atoms with Crippen molar-refractivity contribution in [2.24, 2.45) is 0 Å². The lowest BCUT2D eigenvalue weighted by atomic mass is 9.85. The minimum atomic E-state index is -9.22. The fraction of sp³-hybridized carbons (Fsp3) is 0.667. The van der Waals surface area contributed by atoms with Crippen LogP contribution >= 0.6 is 0 Å². The largest absolute Gasteiger partial charge is 0.460 e. The maximum atomic E-state index is 14.4. The third-order valence-electron chi connectivity index (χ3n) is 6.06. The second kappa shape index (κ2) is 10.9. The van der Waals surface area contributed by atoms with Gasteiger partial charge in [0.05, 0.1) is 0 Å². The van der Waals surface area contributed by atoms with Gasteiger partial charge in [-0.2, -0.15) is 92.2 Å². The lowest BCUT2D eigenvalue weighted by molar-refractivity contribution is -0.474. The zero-order valence-electron chi connectivity index (χ0n) is 21.0. The first-order valence-corrected chi connectivity index (χ1v) is 11.0. The van der Waals surface area contributed by atoms with Gasteiger partial charge in [-0.05, 0) is 26.0 Å². The van der Waals surface area contributed by atoms with Crippen molar-refractivity contribution in [2.75, 3.05) is 13.1 Å². The van der Waals surface area contributed by atoms with Crippen molar-refractivity contribution in [1.29, 1.82) is 0 Å². The first-order valence-electron chi connectivity index (χ1n) is 11.0. The van der Waals surface area contributed by atoms with Gasteiger partial charge in [0.1, 0.15) is 0 Å². The average Bonchev–Trinajstić information content (AvgIpc) is 2.87. The predicted octanol–water partition coefficient (Wildman–Crippen LogP) is 8.91. The van der Waals surface area contributed by atoms with Crippen LogP contribution < -0.4 is 0 Å². The molecule has 0 radical (unpaired) electrons. The van der Waals surface area contributed by atoms with Crippen LogP contribution in [0.3, 0.4) is 0 Å². The summed E-state index contributed by atoms with van der Waals surface area (Å²) < 4.78 is 284. The molecule has 1 aromatic carbocycles. The third kappa shape index (κ3) is 5.08. The van der Waals surface area contributed by atoms with Crippen LogP contribution in [-0.2, 0) is 5.92 Å². The SMILES string of the molecule is CCN(CC)C(=O)c1ccc(C(F)(F)C(F)(F)C(F)(F)C(F)(F)C(F)(F)C(F)(F)C(F)(F)C(F)(F)C(F)(F)C(F)(F)F)cc1. The Bertz CT molecular complexity index is 1180. The van der Waals surface area contributed by atoms with Crippen LogP contribution in [0.4, 0.5) is 92.2 Å². The predicted molar refractivity (Wildman–Crippen MR) is 103 cm³/mol. The Hall–Kier alpha value is -2.78. The van der Waals surface area contributed by atoms with E-state index in [4.69, 9.17) is 0 Å². The number of amides is 1. The quantitative estimate of drug-likeness (QED) is 0.200. The van der Waals surface area contributed by atoms with Crippen LogP contribution in [0.15, 0.2) is 24.3 Å². The molecule has 0 atom stereocenters. The Kier molecular flexibility index (Phi) is 9.75. The van der Waals surface area contributed by atoms with Gasteiger partial charge in [-0.25, -0.2) is 0 Å². The van der Waals surface area contributed by atoms with E-state index in [9.17, 15) is 97.0 Å². The van der Waals surface area contributed by atoms with Crippen molar-refractivity contribution in [1.82, 2.24) is 4.90 Å². The smallest absolute Gasteiger partial charge is 0.339 e. The summed E-state index contributed by atoms with van der Waals surface area (Å²) in [6, 6.07) is -0.329. The van der Waals surface area contributed by atoms with E-state index in [2.05, 4.69) is 0 Å². The van der Waals surface area contributed by atoms with E-state index in [1.807, 2.05) is 0 Å². The second-order valence-electron chi connectivity index (χ2n) is 8.72. The number of carbonyl (C=O) groups is 1. The van der Waals surface area contributed by atoms with Crippen molar-refractivity contribution in [3.63, 3.8) is 0 Å². The molecule has 0 aliphatic carbocycles. The standard InChI is InChI=1S/C21H14F21NO/c1-3-43(4-2)11(44)9-5-7-10(8-6-9)12(22,23)13(24,25)14(26,27)15(28,29)16(30,31)17(32,33)18(34,35)19(36,37)20(38,39)21(40,41)42/h5-8H,3-4H2,1-2H3. The first kappa shape index (κ1) is 39.2. The number of carbonyl (C=O) groups excluding carboxylic acids is 1. The molecular formula is C21H14F21NO. The van der Waals surface area contributed by atoms with Gasteiger partial charge in [0, 0.05) is 24.2 Å². The molecule has 23 heteroatoms. The van der Waals surface area contributed by atoms with Gasteiger partial charge in [-0.3, -0.25) is 4.79 Å². The highest BCUT2D eigenvalue weighted by Crippen LogP contribution is 2.66. The van der Waals surface area contributed by atoms with Gasteiger partial charge in [-0.15, -0.1) is 0 Å². The van der Waals surface area contributed by atoms with Crippen molar-refractivity contribution >= 4 is 5.91 Å². The summed E-state index contributed by atoms with van der Waals surface area (Å²) in [6.45, 7) is 2.66. The van der Waals surface area contributed by atoms with E-state index in [1.54, 1.807) is 0 Å². The molecule has 0 aliphatic rings. The van der Waals surface area contributed by atoms with Crippen LogP contribution in [0, 0.1) is 0 Å². The highest BCUT2D eigenvalue weighted by molar-refractivity contribution is 5.94. The molecule has 0 saturated heterocycles. The molecule has 0 spiro atoms. The molecule has 0 N–H and O–H groups in total. The van der Waals surface area contributed by atoms with Crippen molar-refractivity contribution in [3.8, 4) is 0 Å². The van der Waals surface area contributed by atoms with E-state index in [-0.39, 0.29) is 37.4 Å². The molecule has 1 rings (SSSR count). The summed E-state index contributed by atoms with van der Waals surface area (Å²) in [7, 11) is 0. The summed E-state index contributed by atoms with van der Waals surface area (Å²) in [5, 5.41) is 0. The molecule has 1 aromatic rings. The maximum absolute atomic E-state index is 14.4. The molecule has 0 aromatic heterocycles. The molecule has 44 heavy (non-hydrogen) atoms. The second-order valence-corrected chi connectivity index (χ2v) is 8.72. The molecule has 2 nitrogen and oxygen atoms in total. The van der Waals surface area contributed by atoms with E-state index in [0.717, 1.165) is 4.90 Å². The summed E-state index contributed by atoms with van der Waals surface area (Å²) >= 11 is 0. The zero-order valence-corrected chi connectivity index (χ0v) is 21.0. The number of rotatable bonds is 12. The number of nitrogens with zero attached hydrogens (tertiary/aromatic N) is 1. The highest BCUT2D eigenvalue weighted by atomic mass is 19.4. The van der Waals surface area contributed by atoms with Crippen LogP contribution in [-0.4, -0.2) is 77.5 Å². The molecule has 0 heterocycles. The van der Waals surface area contributed by atoms with Gasteiger partial charge >= 0.3 is 59.5 Å². The van der Waals surface area contributed by atoms with Crippen molar-refractivity contribution < 1.29 is 97.0 Å². The van der Waals surface area contributed by atoms with Gasteiger partial charge in [0.15, 0.2) is 0 Å².